The Morgan fingerprint density at radius 3 is 2.50 bits per heavy atom. The summed E-state index contributed by atoms with van der Waals surface area (Å²) in [6.07, 6.45) is 3.29. The van der Waals surface area contributed by atoms with Crippen LogP contribution in [0.1, 0.15) is 53.9 Å². The second-order valence-corrected chi connectivity index (χ2v) is 6.15. The van der Waals surface area contributed by atoms with E-state index in [2.05, 4.69) is 45.3 Å². The van der Waals surface area contributed by atoms with Crippen LogP contribution in [0.15, 0.2) is 0 Å². The van der Waals surface area contributed by atoms with Gasteiger partial charge in [-0.3, -0.25) is 4.79 Å². The first kappa shape index (κ1) is 13.5. The first-order chi connectivity index (χ1) is 7.30. The van der Waals surface area contributed by atoms with Crippen molar-refractivity contribution in [3.63, 3.8) is 0 Å². The quantitative estimate of drug-likeness (QED) is 0.757. The molecule has 0 aromatic heterocycles. The molecule has 1 amide bonds. The van der Waals surface area contributed by atoms with E-state index < -0.39 is 0 Å². The number of carbonyl (C=O) groups is 1. The first-order valence-corrected chi connectivity index (χ1v) is 6.37. The molecule has 0 radical (unpaired) electrons. The van der Waals surface area contributed by atoms with Gasteiger partial charge in [-0.25, -0.2) is 0 Å². The number of amides is 1. The zero-order valence-electron chi connectivity index (χ0n) is 11.3. The van der Waals surface area contributed by atoms with Crippen LogP contribution < -0.4 is 10.6 Å². The zero-order valence-corrected chi connectivity index (χ0v) is 11.3. The minimum atomic E-state index is 0.00792. The SMILES string of the molecule is CC1CCCC(C(=O)NC(C)C(C)(C)C)N1. The highest BCUT2D eigenvalue weighted by Gasteiger charge is 2.28. The second kappa shape index (κ2) is 5.17. The highest BCUT2D eigenvalue weighted by molar-refractivity contribution is 5.82. The lowest BCUT2D eigenvalue weighted by molar-refractivity contribution is -0.125. The molecule has 16 heavy (non-hydrogen) atoms. The van der Waals surface area contributed by atoms with Gasteiger partial charge in [0.1, 0.15) is 0 Å². The van der Waals surface area contributed by atoms with Crippen molar-refractivity contribution in [2.24, 2.45) is 5.41 Å². The number of carbonyl (C=O) groups excluding carboxylic acids is 1. The number of nitrogens with one attached hydrogen (secondary N) is 2. The van der Waals surface area contributed by atoms with Gasteiger partial charge in [-0.1, -0.05) is 20.8 Å². The van der Waals surface area contributed by atoms with E-state index in [0.29, 0.717) is 6.04 Å². The van der Waals surface area contributed by atoms with Crippen molar-refractivity contribution in [3.8, 4) is 0 Å². The highest BCUT2D eigenvalue weighted by Crippen LogP contribution is 2.19. The van der Waals surface area contributed by atoms with Gasteiger partial charge in [-0.05, 0) is 38.5 Å². The fourth-order valence-electron chi connectivity index (χ4n) is 1.88. The predicted octanol–water partition coefficient (Wildman–Crippen LogP) is 2.07. The molecule has 1 saturated heterocycles. The maximum atomic E-state index is 12.0. The van der Waals surface area contributed by atoms with E-state index in [4.69, 9.17) is 0 Å². The minimum absolute atomic E-state index is 0.00792. The molecule has 0 saturated carbocycles. The van der Waals surface area contributed by atoms with E-state index >= 15 is 0 Å². The van der Waals surface area contributed by atoms with Crippen molar-refractivity contribution in [2.75, 3.05) is 0 Å². The number of hydrogen-bond donors (Lipinski definition) is 2. The Hall–Kier alpha value is -0.570. The summed E-state index contributed by atoms with van der Waals surface area (Å²) in [5.41, 5.74) is 0.121. The lowest BCUT2D eigenvalue weighted by Gasteiger charge is -2.32. The highest BCUT2D eigenvalue weighted by atomic mass is 16.2. The Bertz CT molecular complexity index is 245. The van der Waals surface area contributed by atoms with E-state index in [1.165, 1.54) is 6.42 Å². The third-order valence-electron chi connectivity index (χ3n) is 3.59. The summed E-state index contributed by atoms with van der Waals surface area (Å²) < 4.78 is 0. The summed E-state index contributed by atoms with van der Waals surface area (Å²) >= 11 is 0. The van der Waals surface area contributed by atoms with Crippen LogP contribution >= 0.6 is 0 Å². The van der Waals surface area contributed by atoms with Crippen molar-refractivity contribution in [1.29, 1.82) is 0 Å². The van der Waals surface area contributed by atoms with Crippen molar-refractivity contribution in [2.45, 2.75) is 72.0 Å². The van der Waals surface area contributed by atoms with E-state index in [1.807, 2.05) is 0 Å². The molecule has 1 rings (SSSR count). The summed E-state index contributed by atoms with van der Waals surface area (Å²) in [4.78, 5) is 12.0. The van der Waals surface area contributed by atoms with Gasteiger partial charge in [-0.2, -0.15) is 0 Å². The second-order valence-electron chi connectivity index (χ2n) is 6.15. The summed E-state index contributed by atoms with van der Waals surface area (Å²) in [7, 11) is 0. The monoisotopic (exact) mass is 226 g/mol. The molecular weight excluding hydrogens is 200 g/mol. The van der Waals surface area contributed by atoms with Gasteiger partial charge in [0.05, 0.1) is 6.04 Å². The van der Waals surface area contributed by atoms with E-state index in [9.17, 15) is 4.79 Å². The van der Waals surface area contributed by atoms with Gasteiger partial charge < -0.3 is 10.6 Å². The van der Waals surface area contributed by atoms with Crippen molar-refractivity contribution in [1.82, 2.24) is 10.6 Å². The lowest BCUT2D eigenvalue weighted by atomic mass is 9.87. The van der Waals surface area contributed by atoms with E-state index in [-0.39, 0.29) is 23.4 Å². The number of piperidine rings is 1. The predicted molar refractivity (Wildman–Crippen MR) is 67.3 cm³/mol. The van der Waals surface area contributed by atoms with Crippen LogP contribution in [0.3, 0.4) is 0 Å². The molecule has 0 bridgehead atoms. The average Bonchev–Trinajstić information content (AvgIpc) is 2.16. The van der Waals surface area contributed by atoms with Crippen molar-refractivity contribution in [3.05, 3.63) is 0 Å². The van der Waals surface area contributed by atoms with Crippen LogP contribution in [-0.4, -0.2) is 24.0 Å². The largest absolute Gasteiger partial charge is 0.352 e. The van der Waals surface area contributed by atoms with Crippen molar-refractivity contribution >= 4 is 5.91 Å². The van der Waals surface area contributed by atoms with Gasteiger partial charge in [0, 0.05) is 12.1 Å². The van der Waals surface area contributed by atoms with Gasteiger partial charge in [0.2, 0.25) is 5.91 Å². The number of rotatable bonds is 2. The molecule has 0 spiro atoms. The van der Waals surface area contributed by atoms with Gasteiger partial charge >= 0.3 is 0 Å². The Morgan fingerprint density at radius 2 is 2.00 bits per heavy atom. The fourth-order valence-corrected chi connectivity index (χ4v) is 1.88. The zero-order chi connectivity index (χ0) is 12.3. The van der Waals surface area contributed by atoms with Gasteiger partial charge in [0.25, 0.3) is 0 Å². The molecule has 94 valence electrons. The van der Waals surface area contributed by atoms with E-state index in [0.717, 1.165) is 12.8 Å². The van der Waals surface area contributed by atoms with Crippen LogP contribution in [0.5, 0.6) is 0 Å². The summed E-state index contributed by atoms with van der Waals surface area (Å²) in [5, 5.41) is 6.47. The Balaban J connectivity index is 2.46. The number of hydrogen-bond acceptors (Lipinski definition) is 2. The molecule has 3 unspecified atom stereocenters. The molecule has 1 heterocycles. The molecule has 1 aliphatic rings. The van der Waals surface area contributed by atoms with Crippen LogP contribution in [0.2, 0.25) is 0 Å². The first-order valence-electron chi connectivity index (χ1n) is 6.37. The molecule has 2 N–H and O–H groups in total. The molecule has 3 atom stereocenters. The maximum Gasteiger partial charge on any atom is 0.237 e. The Kier molecular flexibility index (Phi) is 4.36. The summed E-state index contributed by atoms with van der Waals surface area (Å²) in [6, 6.07) is 0.682. The molecule has 0 aromatic rings. The average molecular weight is 226 g/mol. The third-order valence-corrected chi connectivity index (χ3v) is 3.59. The maximum absolute atomic E-state index is 12.0. The molecule has 1 aliphatic heterocycles. The summed E-state index contributed by atoms with van der Waals surface area (Å²) in [6.45, 7) is 10.7. The van der Waals surface area contributed by atoms with Crippen LogP contribution in [-0.2, 0) is 4.79 Å². The molecule has 0 aromatic carbocycles. The van der Waals surface area contributed by atoms with Gasteiger partial charge in [-0.15, -0.1) is 0 Å². The minimum Gasteiger partial charge on any atom is -0.352 e. The molecule has 0 aliphatic carbocycles. The lowest BCUT2D eigenvalue weighted by Crippen LogP contribution is -2.53. The van der Waals surface area contributed by atoms with Crippen LogP contribution in [0, 0.1) is 5.41 Å². The topological polar surface area (TPSA) is 41.1 Å². The van der Waals surface area contributed by atoms with Gasteiger partial charge in [0.15, 0.2) is 0 Å². The van der Waals surface area contributed by atoms with Crippen LogP contribution in [0.25, 0.3) is 0 Å². The van der Waals surface area contributed by atoms with Crippen LogP contribution in [0.4, 0.5) is 0 Å². The smallest absolute Gasteiger partial charge is 0.237 e. The standard InChI is InChI=1S/C13H26N2O/c1-9-7-6-8-11(14-9)12(16)15-10(2)13(3,4)5/h9-11,14H,6-8H2,1-5H3,(H,15,16). The Labute approximate surface area is 99.4 Å². The molecular formula is C13H26N2O. The third kappa shape index (κ3) is 3.78. The summed E-state index contributed by atoms with van der Waals surface area (Å²) in [5.74, 6) is 0.161. The fraction of sp³-hybridized carbons (Fsp3) is 0.923. The van der Waals surface area contributed by atoms with E-state index in [1.54, 1.807) is 0 Å². The van der Waals surface area contributed by atoms with Crippen molar-refractivity contribution < 1.29 is 4.79 Å². The normalized spacial score (nSPS) is 28.6. The molecule has 3 nitrogen and oxygen atoms in total. The molecule has 3 heteroatoms. The Morgan fingerprint density at radius 1 is 1.38 bits per heavy atom. The molecule has 1 fully saturated rings.